The number of rotatable bonds is 3. The molecule has 2 heterocycles. The Labute approximate surface area is 160 Å². The highest BCUT2D eigenvalue weighted by molar-refractivity contribution is 6.24. The average Bonchev–Trinajstić information content (AvgIpc) is 2.98. The van der Waals surface area contributed by atoms with E-state index in [1.165, 1.54) is 12.1 Å². The van der Waals surface area contributed by atoms with Gasteiger partial charge in [-0.2, -0.15) is 0 Å². The number of hydrogen-bond donors (Lipinski definition) is 1. The lowest BCUT2D eigenvalue weighted by Gasteiger charge is -2.29. The van der Waals surface area contributed by atoms with Gasteiger partial charge in [-0.3, -0.25) is 4.79 Å². The van der Waals surface area contributed by atoms with E-state index in [-0.39, 0.29) is 11.3 Å². The second kappa shape index (κ2) is 7.32. The van der Waals surface area contributed by atoms with Gasteiger partial charge < -0.3 is 19.5 Å². The van der Waals surface area contributed by atoms with Crippen molar-refractivity contribution in [3.05, 3.63) is 59.6 Å². The van der Waals surface area contributed by atoms with Crippen molar-refractivity contribution in [1.82, 2.24) is 0 Å². The molecule has 2 aromatic rings. The van der Waals surface area contributed by atoms with Gasteiger partial charge in [0.25, 0.3) is 0 Å². The predicted molar refractivity (Wildman–Crippen MR) is 99.5 cm³/mol. The summed E-state index contributed by atoms with van der Waals surface area (Å²) in [5.41, 5.74) is 1.55. The normalized spacial score (nSPS) is 18.7. The number of carbonyl (C=O) groups excluding carboxylic acids is 2. The first-order chi connectivity index (χ1) is 13.5. The van der Waals surface area contributed by atoms with Crippen LogP contribution >= 0.6 is 0 Å². The third-order valence-electron chi connectivity index (χ3n) is 4.53. The number of halogens is 1. The molecule has 1 N–H and O–H groups in total. The number of amides is 2. The molecule has 7 nitrogen and oxygen atoms in total. The van der Waals surface area contributed by atoms with E-state index >= 15 is 0 Å². The molecule has 0 aliphatic carbocycles. The molecule has 4 rings (SSSR count). The van der Waals surface area contributed by atoms with Crippen molar-refractivity contribution in [1.29, 1.82) is 0 Å². The summed E-state index contributed by atoms with van der Waals surface area (Å²) in [7, 11) is 0. The molecule has 0 spiro atoms. The maximum Gasteiger partial charge on any atom is 0.427 e. The Morgan fingerprint density at radius 3 is 2.54 bits per heavy atom. The van der Waals surface area contributed by atoms with Crippen LogP contribution in [0, 0.1) is 5.82 Å². The van der Waals surface area contributed by atoms with E-state index in [4.69, 9.17) is 9.47 Å². The molecule has 144 valence electrons. The highest BCUT2D eigenvalue weighted by atomic mass is 19.1. The maximum absolute atomic E-state index is 13.5. The Balaban J connectivity index is 1.60. The Kier molecular flexibility index (Phi) is 4.70. The van der Waals surface area contributed by atoms with E-state index in [1.54, 1.807) is 18.2 Å². The molecule has 0 bridgehead atoms. The fourth-order valence-corrected chi connectivity index (χ4v) is 3.10. The molecule has 2 amide bonds. The molecule has 2 saturated heterocycles. The number of benzene rings is 2. The van der Waals surface area contributed by atoms with E-state index in [1.807, 2.05) is 6.07 Å². The number of cyclic esters (lactones) is 1. The van der Waals surface area contributed by atoms with Crippen molar-refractivity contribution in [3.8, 4) is 5.75 Å². The van der Waals surface area contributed by atoms with Crippen LogP contribution < -0.4 is 9.80 Å². The van der Waals surface area contributed by atoms with Crippen molar-refractivity contribution in [2.45, 2.75) is 0 Å². The summed E-state index contributed by atoms with van der Waals surface area (Å²) >= 11 is 0. The van der Waals surface area contributed by atoms with E-state index < -0.39 is 23.6 Å². The lowest BCUT2D eigenvalue weighted by Crippen LogP contribution is -2.36. The number of aromatic hydroxyl groups is 1. The first-order valence-electron chi connectivity index (χ1n) is 8.72. The first-order valence-corrected chi connectivity index (χ1v) is 8.72. The number of carbonyl (C=O) groups is 2. The van der Waals surface area contributed by atoms with Crippen LogP contribution in [0.15, 0.2) is 48.2 Å². The van der Waals surface area contributed by atoms with E-state index in [2.05, 4.69) is 4.90 Å². The van der Waals surface area contributed by atoms with E-state index in [0.29, 0.717) is 18.9 Å². The minimum atomic E-state index is -0.832. The van der Waals surface area contributed by atoms with Crippen molar-refractivity contribution < 1.29 is 28.6 Å². The van der Waals surface area contributed by atoms with Crippen molar-refractivity contribution in [2.75, 3.05) is 36.1 Å². The Morgan fingerprint density at radius 1 is 1.04 bits per heavy atom. The number of phenolic OH excluding ortho intramolecular Hbond substituents is 1. The molecule has 0 radical (unpaired) electrons. The molecule has 8 heteroatoms. The zero-order valence-electron chi connectivity index (χ0n) is 14.8. The van der Waals surface area contributed by atoms with E-state index in [9.17, 15) is 19.1 Å². The minimum absolute atomic E-state index is 0.216. The van der Waals surface area contributed by atoms with Gasteiger partial charge in [-0.1, -0.05) is 12.1 Å². The van der Waals surface area contributed by atoms with Crippen LogP contribution in [0.2, 0.25) is 0 Å². The number of ether oxygens (including phenoxy) is 2. The van der Waals surface area contributed by atoms with Gasteiger partial charge in [-0.15, -0.1) is 0 Å². The van der Waals surface area contributed by atoms with Gasteiger partial charge in [0, 0.05) is 18.8 Å². The number of nitrogens with zero attached hydrogens (tertiary/aromatic N) is 2. The second-order valence-electron chi connectivity index (χ2n) is 6.35. The molecule has 0 atom stereocenters. The lowest BCUT2D eigenvalue weighted by molar-refractivity contribution is -0.114. The summed E-state index contributed by atoms with van der Waals surface area (Å²) in [4.78, 5) is 28.0. The smallest absolute Gasteiger partial charge is 0.427 e. The lowest BCUT2D eigenvalue weighted by atomic mass is 10.2. The summed E-state index contributed by atoms with van der Waals surface area (Å²) in [5, 5.41) is 9.25. The number of hydrogen-bond acceptors (Lipinski definition) is 6. The summed E-state index contributed by atoms with van der Waals surface area (Å²) in [6, 6.07) is 10.7. The summed E-state index contributed by atoms with van der Waals surface area (Å²) in [6.45, 7) is 2.68. The number of imide groups is 1. The van der Waals surface area contributed by atoms with Crippen molar-refractivity contribution in [3.63, 3.8) is 0 Å². The van der Waals surface area contributed by atoms with Crippen LogP contribution in [0.3, 0.4) is 0 Å². The third kappa shape index (κ3) is 3.41. The zero-order valence-corrected chi connectivity index (χ0v) is 14.8. The van der Waals surface area contributed by atoms with Crippen LogP contribution in [0.1, 0.15) is 5.56 Å². The quantitative estimate of drug-likeness (QED) is 0.820. The van der Waals surface area contributed by atoms with Crippen LogP contribution in [0.5, 0.6) is 5.75 Å². The fourth-order valence-electron chi connectivity index (χ4n) is 3.10. The standard InChI is InChI=1S/C20H17FN2O5/c21-16-10-13(4-5-17(16)24)11-18-19(25)23(20(26)28-18)15-3-1-2-14(12-15)22-6-8-27-9-7-22/h1-5,10-12,24H,6-9H2. The van der Waals surface area contributed by atoms with Gasteiger partial charge in [-0.05, 0) is 42.0 Å². The molecule has 2 aliphatic rings. The largest absolute Gasteiger partial charge is 0.505 e. The Bertz CT molecular complexity index is 969. The molecule has 0 saturated carbocycles. The third-order valence-corrected chi connectivity index (χ3v) is 4.53. The highest BCUT2D eigenvalue weighted by Gasteiger charge is 2.38. The molecule has 2 fully saturated rings. The van der Waals surface area contributed by atoms with E-state index in [0.717, 1.165) is 35.8 Å². The number of anilines is 2. The summed E-state index contributed by atoms with van der Waals surface area (Å²) in [6.07, 6.45) is 0.434. The van der Waals surface area contributed by atoms with Crippen molar-refractivity contribution in [2.24, 2.45) is 0 Å². The molecule has 0 unspecified atom stereocenters. The minimum Gasteiger partial charge on any atom is -0.505 e. The zero-order chi connectivity index (χ0) is 19.7. The topological polar surface area (TPSA) is 79.3 Å². The SMILES string of the molecule is O=C1OC(=Cc2ccc(O)c(F)c2)C(=O)N1c1cccc(N2CCOCC2)c1. The average molecular weight is 384 g/mol. The van der Waals surface area contributed by atoms with Gasteiger partial charge >= 0.3 is 12.0 Å². The van der Waals surface area contributed by atoms with Crippen molar-refractivity contribution >= 4 is 29.5 Å². The first kappa shape index (κ1) is 18.0. The van der Waals surface area contributed by atoms with Gasteiger partial charge in [0.2, 0.25) is 0 Å². The number of phenols is 1. The molecular formula is C20H17FN2O5. The molecule has 2 aliphatic heterocycles. The summed E-state index contributed by atoms with van der Waals surface area (Å²) < 4.78 is 23.9. The van der Waals surface area contributed by atoms with Crippen LogP contribution in [0.25, 0.3) is 6.08 Å². The van der Waals surface area contributed by atoms with Gasteiger partial charge in [0.1, 0.15) is 0 Å². The maximum atomic E-state index is 13.5. The Morgan fingerprint density at radius 2 is 1.79 bits per heavy atom. The predicted octanol–water partition coefficient (Wildman–Crippen LogP) is 2.89. The molecule has 2 aromatic carbocycles. The second-order valence-corrected chi connectivity index (χ2v) is 6.35. The molecule has 0 aromatic heterocycles. The summed E-state index contributed by atoms with van der Waals surface area (Å²) in [5.74, 6) is -2.19. The monoisotopic (exact) mass is 384 g/mol. The molecule has 28 heavy (non-hydrogen) atoms. The van der Waals surface area contributed by atoms with Gasteiger partial charge in [-0.25, -0.2) is 14.1 Å². The molecular weight excluding hydrogens is 367 g/mol. The van der Waals surface area contributed by atoms with Gasteiger partial charge in [0.05, 0.1) is 18.9 Å². The highest BCUT2D eigenvalue weighted by Crippen LogP contribution is 2.30. The van der Waals surface area contributed by atoms with Crippen LogP contribution in [-0.4, -0.2) is 43.4 Å². The Hall–Kier alpha value is -3.39. The van der Waals surface area contributed by atoms with Crippen LogP contribution in [0.4, 0.5) is 20.6 Å². The fraction of sp³-hybridized carbons (Fsp3) is 0.200. The van der Waals surface area contributed by atoms with Crippen LogP contribution in [-0.2, 0) is 14.3 Å². The van der Waals surface area contributed by atoms with Gasteiger partial charge in [0.15, 0.2) is 17.3 Å². The number of morpholine rings is 1.